The predicted molar refractivity (Wildman–Crippen MR) is 181 cm³/mol. The summed E-state index contributed by atoms with van der Waals surface area (Å²) in [7, 11) is 0. The number of Topliss-reactive ketones (excluding diaryl/α,β-unsaturated/α-hetero) is 1. The fourth-order valence-electron chi connectivity index (χ4n) is 6.60. The Hall–Kier alpha value is -3.77. The topological polar surface area (TPSA) is 64.0 Å². The lowest BCUT2D eigenvalue weighted by Crippen LogP contribution is -2.24. The first-order valence-electron chi connectivity index (χ1n) is 16.1. The third kappa shape index (κ3) is 7.73. The lowest BCUT2D eigenvalue weighted by Gasteiger charge is -2.28. The van der Waals surface area contributed by atoms with Gasteiger partial charge in [-0.1, -0.05) is 68.1 Å². The molecular weight excluding hydrogens is 585 g/mol. The zero-order valence-corrected chi connectivity index (χ0v) is 27.4. The van der Waals surface area contributed by atoms with Gasteiger partial charge in [0, 0.05) is 22.7 Å². The molecule has 1 aliphatic carbocycles. The highest BCUT2D eigenvalue weighted by atomic mass is 35.5. The molecule has 1 fully saturated rings. The van der Waals surface area contributed by atoms with Crippen LogP contribution in [0.5, 0.6) is 0 Å². The number of carbonyl (C=O) groups is 2. The van der Waals surface area contributed by atoms with Gasteiger partial charge in [0.15, 0.2) is 5.78 Å². The molecule has 1 saturated carbocycles. The maximum absolute atomic E-state index is 14.0. The van der Waals surface area contributed by atoms with E-state index in [0.717, 1.165) is 38.5 Å². The van der Waals surface area contributed by atoms with Gasteiger partial charge in [-0.3, -0.25) is 14.3 Å². The summed E-state index contributed by atoms with van der Waals surface area (Å²) in [6.45, 7) is 8.29. The molecule has 0 radical (unpaired) electrons. The van der Waals surface area contributed by atoms with Crippen LogP contribution in [0.2, 0.25) is 5.02 Å². The van der Waals surface area contributed by atoms with Crippen molar-refractivity contribution in [1.29, 1.82) is 0 Å². The highest BCUT2D eigenvalue weighted by Gasteiger charge is 2.28. The van der Waals surface area contributed by atoms with Gasteiger partial charge in [0.05, 0.1) is 28.0 Å². The Bertz CT molecular complexity index is 1630. The summed E-state index contributed by atoms with van der Waals surface area (Å²) in [5, 5.41) is 7.87. The van der Waals surface area contributed by atoms with Crippen molar-refractivity contribution in [2.45, 2.75) is 84.1 Å². The number of hydrogen-bond donors (Lipinski definition) is 1. The van der Waals surface area contributed by atoms with E-state index in [0.29, 0.717) is 44.9 Å². The Morgan fingerprint density at radius 1 is 0.889 bits per heavy atom. The highest BCUT2D eigenvalue weighted by molar-refractivity contribution is 6.34. The van der Waals surface area contributed by atoms with Gasteiger partial charge in [-0.15, -0.1) is 0 Å². The van der Waals surface area contributed by atoms with Crippen molar-refractivity contribution < 1.29 is 14.0 Å². The molecule has 5 rings (SSSR count). The van der Waals surface area contributed by atoms with E-state index in [-0.39, 0.29) is 23.4 Å². The minimum Gasteiger partial charge on any atom is -0.322 e. The average molecular weight is 628 g/mol. The lowest BCUT2D eigenvalue weighted by atomic mass is 9.77. The zero-order chi connectivity index (χ0) is 32.1. The molecule has 1 aromatic heterocycles. The minimum atomic E-state index is -0.420. The van der Waals surface area contributed by atoms with Crippen molar-refractivity contribution in [3.05, 3.63) is 107 Å². The van der Waals surface area contributed by atoms with Crippen LogP contribution in [0.25, 0.3) is 11.3 Å². The molecule has 2 unspecified atom stereocenters. The number of ketones is 1. The van der Waals surface area contributed by atoms with Gasteiger partial charge in [-0.2, -0.15) is 5.10 Å². The lowest BCUT2D eigenvalue weighted by molar-refractivity contribution is 0.0895. The Labute approximate surface area is 271 Å². The smallest absolute Gasteiger partial charge is 0.259 e. The van der Waals surface area contributed by atoms with Crippen LogP contribution in [0.15, 0.2) is 79.0 Å². The summed E-state index contributed by atoms with van der Waals surface area (Å²) in [5.74, 6) is 0.139. The van der Waals surface area contributed by atoms with E-state index in [4.69, 9.17) is 11.6 Å². The van der Waals surface area contributed by atoms with E-state index >= 15 is 0 Å². The molecule has 0 aliphatic heterocycles. The van der Waals surface area contributed by atoms with E-state index in [2.05, 4.69) is 47.7 Å². The Morgan fingerprint density at radius 3 is 2.31 bits per heavy atom. The molecule has 3 aromatic carbocycles. The number of aromatic nitrogens is 2. The number of nitrogens with zero attached hydrogens (tertiary/aromatic N) is 2. The number of rotatable bonds is 6. The quantitative estimate of drug-likeness (QED) is 0.216. The monoisotopic (exact) mass is 627 g/mol. The molecule has 1 N–H and O–H groups in total. The van der Waals surface area contributed by atoms with Gasteiger partial charge in [0.1, 0.15) is 5.82 Å². The first-order chi connectivity index (χ1) is 21.5. The molecule has 1 heterocycles. The van der Waals surface area contributed by atoms with Crippen LogP contribution in [0.3, 0.4) is 0 Å². The van der Waals surface area contributed by atoms with Gasteiger partial charge in [-0.05, 0) is 106 Å². The molecule has 0 spiro atoms. The van der Waals surface area contributed by atoms with Crippen molar-refractivity contribution in [3.8, 4) is 11.3 Å². The van der Waals surface area contributed by atoms with Gasteiger partial charge in [0.2, 0.25) is 0 Å². The second-order valence-corrected chi connectivity index (χ2v) is 13.8. The van der Waals surface area contributed by atoms with Crippen LogP contribution >= 0.6 is 11.6 Å². The fraction of sp³-hybridized carbons (Fsp3) is 0.395. The standard InChI is InChI=1S/C38H43ClFN3O2/c1-25-15-16-28(13-9-6-10-14-31(25)26-11-7-5-8-12-26)36(44)32-23-30(21-22-34(32)39)42-37(45)33-24-41-43(38(2,3)4)35(33)27-17-19-29(40)20-18-27/h5,7-8,11-12,17-25,28,31H,6,9-10,13-16H2,1-4H3,(H,42,45)/t25-,28?,31?/m1/s1. The van der Waals surface area contributed by atoms with Gasteiger partial charge in [-0.25, -0.2) is 4.39 Å². The summed E-state index contributed by atoms with van der Waals surface area (Å²) >= 11 is 6.62. The maximum atomic E-state index is 14.0. The van der Waals surface area contributed by atoms with E-state index in [9.17, 15) is 14.0 Å². The Balaban J connectivity index is 1.36. The summed E-state index contributed by atoms with van der Waals surface area (Å²) in [4.78, 5) is 27.7. The third-order valence-electron chi connectivity index (χ3n) is 9.08. The molecule has 7 heteroatoms. The van der Waals surface area contributed by atoms with E-state index in [1.165, 1.54) is 30.3 Å². The normalized spacial score (nSPS) is 19.6. The summed E-state index contributed by atoms with van der Waals surface area (Å²) < 4.78 is 15.5. The van der Waals surface area contributed by atoms with E-state index < -0.39 is 5.54 Å². The molecule has 0 bridgehead atoms. The van der Waals surface area contributed by atoms with Crippen LogP contribution in [-0.4, -0.2) is 21.5 Å². The molecule has 0 saturated heterocycles. The van der Waals surface area contributed by atoms with Gasteiger partial charge in [0.25, 0.3) is 5.91 Å². The predicted octanol–water partition coefficient (Wildman–Crippen LogP) is 10.3. The minimum absolute atomic E-state index is 0.0349. The number of halogens is 2. The second-order valence-electron chi connectivity index (χ2n) is 13.4. The molecular formula is C38H43ClFN3O2. The van der Waals surface area contributed by atoms with Crippen molar-refractivity contribution in [2.24, 2.45) is 11.8 Å². The molecule has 1 aliphatic rings. The second kappa shape index (κ2) is 14.1. The average Bonchev–Trinajstić information content (AvgIpc) is 3.48. The largest absolute Gasteiger partial charge is 0.322 e. The molecule has 5 nitrogen and oxygen atoms in total. The third-order valence-corrected chi connectivity index (χ3v) is 9.41. The van der Waals surface area contributed by atoms with E-state index in [1.807, 2.05) is 20.8 Å². The van der Waals surface area contributed by atoms with Gasteiger partial charge < -0.3 is 5.32 Å². The zero-order valence-electron chi connectivity index (χ0n) is 26.7. The first-order valence-corrected chi connectivity index (χ1v) is 16.4. The summed E-state index contributed by atoms with van der Waals surface area (Å²) in [6.07, 6.45) is 8.57. The van der Waals surface area contributed by atoms with Crippen LogP contribution in [0.4, 0.5) is 10.1 Å². The van der Waals surface area contributed by atoms with Crippen LogP contribution in [0.1, 0.15) is 105 Å². The molecule has 45 heavy (non-hydrogen) atoms. The first kappa shape index (κ1) is 32.6. The van der Waals surface area contributed by atoms with E-state index in [1.54, 1.807) is 35.0 Å². The Kier molecular flexibility index (Phi) is 10.2. The van der Waals surface area contributed by atoms with Crippen molar-refractivity contribution in [2.75, 3.05) is 5.32 Å². The van der Waals surface area contributed by atoms with Crippen molar-refractivity contribution in [1.82, 2.24) is 9.78 Å². The molecule has 236 valence electrons. The van der Waals surface area contributed by atoms with Crippen LogP contribution in [-0.2, 0) is 5.54 Å². The highest BCUT2D eigenvalue weighted by Crippen LogP contribution is 2.37. The maximum Gasteiger partial charge on any atom is 0.259 e. The summed E-state index contributed by atoms with van der Waals surface area (Å²) in [5.41, 5.74) is 3.52. The SMILES string of the molecule is C[C@@H]1CCC(C(=O)c2cc(NC(=O)c3cnn(C(C)(C)C)c3-c3ccc(F)cc3)ccc2Cl)CCCCCC1c1ccccc1. The molecule has 3 atom stereocenters. The molecule has 4 aromatic rings. The number of nitrogens with one attached hydrogen (secondary N) is 1. The van der Waals surface area contributed by atoms with Crippen LogP contribution < -0.4 is 5.32 Å². The number of anilines is 1. The van der Waals surface area contributed by atoms with Crippen molar-refractivity contribution in [3.63, 3.8) is 0 Å². The van der Waals surface area contributed by atoms with Gasteiger partial charge >= 0.3 is 0 Å². The number of amides is 1. The van der Waals surface area contributed by atoms with Crippen molar-refractivity contribution >= 4 is 29.0 Å². The fourth-order valence-corrected chi connectivity index (χ4v) is 6.81. The van der Waals surface area contributed by atoms with Crippen LogP contribution in [0, 0.1) is 17.7 Å². The molecule has 1 amide bonds. The number of carbonyl (C=O) groups excluding carboxylic acids is 2. The Morgan fingerprint density at radius 2 is 1.60 bits per heavy atom. The summed E-state index contributed by atoms with van der Waals surface area (Å²) in [6, 6.07) is 21.9. The number of hydrogen-bond acceptors (Lipinski definition) is 3. The number of benzene rings is 3.